The van der Waals surface area contributed by atoms with Gasteiger partial charge >= 0.3 is 0 Å². The zero-order valence-corrected chi connectivity index (χ0v) is 13.4. The van der Waals surface area contributed by atoms with Crippen LogP contribution in [0.1, 0.15) is 6.92 Å². The fraction of sp³-hybridized carbons (Fsp3) is 0.500. The summed E-state index contributed by atoms with van der Waals surface area (Å²) in [5, 5.41) is 0. The zero-order valence-electron chi connectivity index (χ0n) is 11.0. The van der Waals surface area contributed by atoms with Crippen LogP contribution in [0.4, 0.5) is 5.69 Å². The van der Waals surface area contributed by atoms with E-state index in [0.717, 1.165) is 6.54 Å². The Balaban J connectivity index is 2.32. The molecule has 2 rings (SSSR count). The summed E-state index contributed by atoms with van der Waals surface area (Å²) in [7, 11) is -1.45. The van der Waals surface area contributed by atoms with Crippen LogP contribution in [0.15, 0.2) is 27.6 Å². The molecule has 1 fully saturated rings. The van der Waals surface area contributed by atoms with Crippen LogP contribution < -0.4 is 5.73 Å². The molecule has 19 heavy (non-hydrogen) atoms. The van der Waals surface area contributed by atoms with Crippen LogP contribution >= 0.6 is 15.9 Å². The molecule has 1 unspecified atom stereocenters. The summed E-state index contributed by atoms with van der Waals surface area (Å²) in [6, 6.07) is 5.00. The Bertz CT molecular complexity index is 576. The smallest absolute Gasteiger partial charge is 0.244 e. The van der Waals surface area contributed by atoms with Crippen LogP contribution in [0.2, 0.25) is 0 Å². The molecule has 1 aliphatic heterocycles. The highest BCUT2D eigenvalue weighted by molar-refractivity contribution is 9.10. The number of piperazine rings is 1. The van der Waals surface area contributed by atoms with Crippen LogP contribution in [0.3, 0.4) is 0 Å². The zero-order chi connectivity index (χ0) is 14.2. The first-order valence-corrected chi connectivity index (χ1v) is 8.31. The molecule has 1 atom stereocenters. The predicted octanol–water partition coefficient (Wildman–Crippen LogP) is 1.36. The molecule has 5 nitrogen and oxygen atoms in total. The summed E-state index contributed by atoms with van der Waals surface area (Å²) in [6.45, 7) is 3.79. The van der Waals surface area contributed by atoms with E-state index in [1.807, 2.05) is 14.0 Å². The minimum Gasteiger partial charge on any atom is -0.399 e. The molecule has 0 aliphatic carbocycles. The average Bonchev–Trinajstić information content (AvgIpc) is 2.32. The van der Waals surface area contributed by atoms with Gasteiger partial charge in [-0.2, -0.15) is 4.31 Å². The lowest BCUT2D eigenvalue weighted by atomic mass is 10.2. The number of halogens is 1. The number of nitrogen functional groups attached to an aromatic ring is 1. The molecule has 1 aliphatic rings. The number of benzene rings is 1. The minimum absolute atomic E-state index is 0.219. The van der Waals surface area contributed by atoms with Crippen molar-refractivity contribution < 1.29 is 8.42 Å². The van der Waals surface area contributed by atoms with E-state index in [4.69, 9.17) is 5.73 Å². The van der Waals surface area contributed by atoms with Gasteiger partial charge in [0, 0.05) is 35.8 Å². The van der Waals surface area contributed by atoms with E-state index in [0.29, 0.717) is 23.2 Å². The maximum atomic E-state index is 12.6. The Morgan fingerprint density at radius 2 is 2.05 bits per heavy atom. The Morgan fingerprint density at radius 3 is 2.63 bits per heavy atom. The van der Waals surface area contributed by atoms with Crippen molar-refractivity contribution in [3.63, 3.8) is 0 Å². The second-order valence-corrected chi connectivity index (χ2v) is 7.64. The lowest BCUT2D eigenvalue weighted by Crippen LogP contribution is -2.51. The molecule has 106 valence electrons. The molecule has 1 aromatic carbocycles. The fourth-order valence-corrected chi connectivity index (χ4v) is 4.67. The lowest BCUT2D eigenvalue weighted by Gasteiger charge is -2.36. The third-order valence-corrected chi connectivity index (χ3v) is 6.34. The number of nitrogens with zero attached hydrogens (tertiary/aromatic N) is 2. The standard InChI is InChI=1S/C12H18BrN3O2S/c1-9-8-16(6-5-15(9)2)19(17,18)12-4-3-10(14)7-11(12)13/h3-4,7,9H,5-6,8,14H2,1-2H3. The Morgan fingerprint density at radius 1 is 1.37 bits per heavy atom. The molecule has 1 saturated heterocycles. The van der Waals surface area contributed by atoms with Crippen molar-refractivity contribution in [2.24, 2.45) is 0 Å². The third-order valence-electron chi connectivity index (χ3n) is 3.50. The van der Waals surface area contributed by atoms with Crippen LogP contribution in [-0.4, -0.2) is 50.3 Å². The van der Waals surface area contributed by atoms with Crippen molar-refractivity contribution in [2.75, 3.05) is 32.4 Å². The number of hydrogen-bond donors (Lipinski definition) is 1. The first kappa shape index (κ1) is 14.8. The molecular formula is C12H18BrN3O2S. The summed E-state index contributed by atoms with van der Waals surface area (Å²) in [5.74, 6) is 0. The van der Waals surface area contributed by atoms with Gasteiger partial charge in [-0.1, -0.05) is 0 Å². The summed E-state index contributed by atoms with van der Waals surface area (Å²) in [6.07, 6.45) is 0. The highest BCUT2D eigenvalue weighted by Crippen LogP contribution is 2.28. The normalized spacial score (nSPS) is 22.6. The maximum Gasteiger partial charge on any atom is 0.244 e. The predicted molar refractivity (Wildman–Crippen MR) is 79.4 cm³/mol. The third kappa shape index (κ3) is 2.94. The van der Waals surface area contributed by atoms with Gasteiger partial charge in [-0.05, 0) is 48.1 Å². The van der Waals surface area contributed by atoms with Crippen molar-refractivity contribution in [1.82, 2.24) is 9.21 Å². The van der Waals surface area contributed by atoms with E-state index in [9.17, 15) is 8.42 Å². The number of rotatable bonds is 2. The van der Waals surface area contributed by atoms with E-state index >= 15 is 0 Å². The number of sulfonamides is 1. The molecule has 0 spiro atoms. The van der Waals surface area contributed by atoms with Gasteiger partial charge in [0.2, 0.25) is 10.0 Å². The number of hydrogen-bond acceptors (Lipinski definition) is 4. The number of likely N-dealkylation sites (N-methyl/N-ethyl adjacent to an activating group) is 1. The van der Waals surface area contributed by atoms with Gasteiger partial charge in [0.1, 0.15) is 0 Å². The van der Waals surface area contributed by atoms with Crippen LogP contribution in [0, 0.1) is 0 Å². The molecule has 7 heteroatoms. The Hall–Kier alpha value is -0.630. The molecule has 0 bridgehead atoms. The van der Waals surface area contributed by atoms with Crippen molar-refractivity contribution >= 4 is 31.6 Å². The van der Waals surface area contributed by atoms with Gasteiger partial charge in [-0.15, -0.1) is 0 Å². The summed E-state index contributed by atoms with van der Waals surface area (Å²) < 4.78 is 27.3. The Labute approximate surface area is 122 Å². The van der Waals surface area contributed by atoms with Gasteiger partial charge < -0.3 is 10.6 Å². The van der Waals surface area contributed by atoms with Crippen molar-refractivity contribution in [3.8, 4) is 0 Å². The molecular weight excluding hydrogens is 330 g/mol. The fourth-order valence-electron chi connectivity index (χ4n) is 2.10. The van der Waals surface area contributed by atoms with E-state index in [1.54, 1.807) is 18.2 Å². The number of anilines is 1. The van der Waals surface area contributed by atoms with E-state index < -0.39 is 10.0 Å². The quantitative estimate of drug-likeness (QED) is 0.820. The largest absolute Gasteiger partial charge is 0.399 e. The van der Waals surface area contributed by atoms with Gasteiger partial charge in [-0.25, -0.2) is 8.42 Å². The van der Waals surface area contributed by atoms with Gasteiger partial charge in [0.25, 0.3) is 0 Å². The van der Waals surface area contributed by atoms with Crippen LogP contribution in [0.5, 0.6) is 0 Å². The summed E-state index contributed by atoms with van der Waals surface area (Å²) in [5.41, 5.74) is 6.18. The molecule has 1 aromatic rings. The SMILES string of the molecule is CC1CN(S(=O)(=O)c2ccc(N)cc2Br)CCN1C. The summed E-state index contributed by atoms with van der Waals surface area (Å²) in [4.78, 5) is 2.43. The van der Waals surface area contributed by atoms with Crippen molar-refractivity contribution in [2.45, 2.75) is 17.9 Å². The molecule has 0 saturated carbocycles. The van der Waals surface area contributed by atoms with E-state index in [2.05, 4.69) is 20.8 Å². The van der Waals surface area contributed by atoms with Crippen molar-refractivity contribution in [1.29, 1.82) is 0 Å². The first-order valence-electron chi connectivity index (χ1n) is 6.08. The molecule has 1 heterocycles. The van der Waals surface area contributed by atoms with Gasteiger partial charge in [0.05, 0.1) is 4.90 Å². The van der Waals surface area contributed by atoms with Crippen molar-refractivity contribution in [3.05, 3.63) is 22.7 Å². The maximum absolute atomic E-state index is 12.6. The van der Waals surface area contributed by atoms with E-state index in [1.165, 1.54) is 4.31 Å². The van der Waals surface area contributed by atoms with Gasteiger partial charge in [0.15, 0.2) is 0 Å². The Kier molecular flexibility index (Phi) is 4.20. The molecule has 2 N–H and O–H groups in total. The highest BCUT2D eigenvalue weighted by atomic mass is 79.9. The second kappa shape index (κ2) is 5.40. The second-order valence-electron chi connectivity index (χ2n) is 4.88. The van der Waals surface area contributed by atoms with Crippen LogP contribution in [0.25, 0.3) is 0 Å². The first-order chi connectivity index (χ1) is 8.82. The average molecular weight is 348 g/mol. The van der Waals surface area contributed by atoms with Crippen LogP contribution in [-0.2, 0) is 10.0 Å². The molecule has 0 aromatic heterocycles. The van der Waals surface area contributed by atoms with Gasteiger partial charge in [-0.3, -0.25) is 0 Å². The topological polar surface area (TPSA) is 66.6 Å². The highest BCUT2D eigenvalue weighted by Gasteiger charge is 2.31. The monoisotopic (exact) mass is 347 g/mol. The molecule has 0 radical (unpaired) electrons. The summed E-state index contributed by atoms with van der Waals surface area (Å²) >= 11 is 3.28. The molecule has 0 amide bonds. The minimum atomic E-state index is -3.46. The van der Waals surface area contributed by atoms with E-state index in [-0.39, 0.29) is 10.9 Å². The number of nitrogens with two attached hydrogens (primary N) is 1. The lowest BCUT2D eigenvalue weighted by molar-refractivity contribution is 0.159.